The molecule has 1 aliphatic rings. The summed E-state index contributed by atoms with van der Waals surface area (Å²) in [5.74, 6) is 0. The van der Waals surface area contributed by atoms with Crippen LogP contribution in [0.25, 0.3) is 0 Å². The first kappa shape index (κ1) is 19.3. The maximum absolute atomic E-state index is 10.5. The number of nitrogens with zero attached hydrogens (tertiary/aromatic N) is 2. The average molecular weight is 336 g/mol. The van der Waals surface area contributed by atoms with Gasteiger partial charge in [0, 0.05) is 38.8 Å². The summed E-state index contributed by atoms with van der Waals surface area (Å²) in [5, 5.41) is 19.9. The van der Waals surface area contributed by atoms with Crippen molar-refractivity contribution in [1.82, 2.24) is 9.80 Å². The van der Waals surface area contributed by atoms with Gasteiger partial charge in [-0.05, 0) is 32.9 Å². The molecule has 24 heavy (non-hydrogen) atoms. The van der Waals surface area contributed by atoms with Crippen molar-refractivity contribution in [1.29, 1.82) is 0 Å². The van der Waals surface area contributed by atoms with Gasteiger partial charge in [0.1, 0.15) is 0 Å². The third-order valence-corrected chi connectivity index (χ3v) is 4.58. The van der Waals surface area contributed by atoms with Crippen LogP contribution in [-0.2, 0) is 4.74 Å². The van der Waals surface area contributed by atoms with E-state index in [-0.39, 0.29) is 24.9 Å². The van der Waals surface area contributed by atoms with Gasteiger partial charge in [-0.1, -0.05) is 30.3 Å². The molecule has 0 aromatic heterocycles. The number of β-amino-alcohol motifs (C(OH)–C–C–N with tert-alkyl or cyclic N) is 1. The van der Waals surface area contributed by atoms with E-state index in [0.717, 1.165) is 13.1 Å². The van der Waals surface area contributed by atoms with E-state index in [4.69, 9.17) is 4.74 Å². The Bertz CT molecular complexity index is 461. The summed E-state index contributed by atoms with van der Waals surface area (Å²) in [6, 6.07) is 10.3. The van der Waals surface area contributed by atoms with Crippen LogP contribution in [0.2, 0.25) is 0 Å². The molecule has 1 aliphatic heterocycles. The molecule has 1 aromatic carbocycles. The number of benzene rings is 1. The standard InChI is InChI=1S/C19H32N2O3/c1-15-11-21(12-16(2)24-15)14-18(23)13-20(3)19(9-10-22)17-7-5-4-6-8-17/h4-8,15-16,18-19,22-23H,9-14H2,1-3H3. The van der Waals surface area contributed by atoms with E-state index in [1.807, 2.05) is 25.2 Å². The molecule has 4 unspecified atom stereocenters. The monoisotopic (exact) mass is 336 g/mol. The summed E-state index contributed by atoms with van der Waals surface area (Å²) in [7, 11) is 2.01. The summed E-state index contributed by atoms with van der Waals surface area (Å²) in [6.07, 6.45) is 0.673. The SMILES string of the molecule is CC1CN(CC(O)CN(C)C(CCO)c2ccccc2)CC(C)O1. The molecule has 0 spiro atoms. The zero-order valence-electron chi connectivity index (χ0n) is 15.1. The molecule has 0 bridgehead atoms. The van der Waals surface area contributed by atoms with Gasteiger partial charge in [-0.3, -0.25) is 9.80 Å². The van der Waals surface area contributed by atoms with E-state index in [0.29, 0.717) is 19.5 Å². The Morgan fingerprint density at radius 3 is 2.42 bits per heavy atom. The highest BCUT2D eigenvalue weighted by Crippen LogP contribution is 2.23. The van der Waals surface area contributed by atoms with E-state index < -0.39 is 6.10 Å². The highest BCUT2D eigenvalue weighted by atomic mass is 16.5. The van der Waals surface area contributed by atoms with Gasteiger partial charge >= 0.3 is 0 Å². The van der Waals surface area contributed by atoms with Crippen molar-refractivity contribution in [2.24, 2.45) is 0 Å². The normalized spacial score (nSPS) is 24.9. The van der Waals surface area contributed by atoms with Crippen LogP contribution in [0.15, 0.2) is 30.3 Å². The van der Waals surface area contributed by atoms with Crippen LogP contribution in [0.4, 0.5) is 0 Å². The van der Waals surface area contributed by atoms with Gasteiger partial charge < -0.3 is 14.9 Å². The van der Waals surface area contributed by atoms with Gasteiger partial charge in [0.15, 0.2) is 0 Å². The highest BCUT2D eigenvalue weighted by molar-refractivity contribution is 5.19. The molecule has 5 heteroatoms. The highest BCUT2D eigenvalue weighted by Gasteiger charge is 2.25. The first-order chi connectivity index (χ1) is 11.5. The molecule has 1 heterocycles. The summed E-state index contributed by atoms with van der Waals surface area (Å²) >= 11 is 0. The first-order valence-corrected chi connectivity index (χ1v) is 8.91. The van der Waals surface area contributed by atoms with E-state index in [1.54, 1.807) is 0 Å². The molecular weight excluding hydrogens is 304 g/mol. The minimum Gasteiger partial charge on any atom is -0.396 e. The zero-order chi connectivity index (χ0) is 17.5. The summed E-state index contributed by atoms with van der Waals surface area (Å²) < 4.78 is 5.75. The van der Waals surface area contributed by atoms with Crippen molar-refractivity contribution in [3.05, 3.63) is 35.9 Å². The minimum absolute atomic E-state index is 0.119. The van der Waals surface area contributed by atoms with E-state index in [1.165, 1.54) is 5.56 Å². The maximum atomic E-state index is 10.5. The van der Waals surface area contributed by atoms with Gasteiger partial charge in [-0.2, -0.15) is 0 Å². The number of rotatable bonds is 8. The molecule has 2 rings (SSSR count). The molecule has 0 amide bonds. The lowest BCUT2D eigenvalue weighted by Gasteiger charge is -2.37. The van der Waals surface area contributed by atoms with Crippen LogP contribution in [0.1, 0.15) is 31.9 Å². The van der Waals surface area contributed by atoms with Crippen molar-refractivity contribution < 1.29 is 14.9 Å². The lowest BCUT2D eigenvalue weighted by atomic mass is 10.0. The van der Waals surface area contributed by atoms with Crippen LogP contribution in [0, 0.1) is 0 Å². The van der Waals surface area contributed by atoms with Crippen LogP contribution >= 0.6 is 0 Å². The number of morpholine rings is 1. The molecule has 4 atom stereocenters. The van der Waals surface area contributed by atoms with Crippen molar-refractivity contribution in [3.8, 4) is 0 Å². The third kappa shape index (κ3) is 5.83. The Hall–Kier alpha value is -0.980. The van der Waals surface area contributed by atoms with Crippen molar-refractivity contribution in [3.63, 3.8) is 0 Å². The van der Waals surface area contributed by atoms with Crippen molar-refractivity contribution in [2.75, 3.05) is 39.8 Å². The minimum atomic E-state index is -0.419. The fraction of sp³-hybridized carbons (Fsp3) is 0.684. The molecule has 1 aromatic rings. The summed E-state index contributed by atoms with van der Waals surface area (Å²) in [5.41, 5.74) is 1.18. The number of hydrogen-bond acceptors (Lipinski definition) is 5. The second-order valence-electron chi connectivity index (χ2n) is 7.01. The second kappa shape index (κ2) is 9.49. The maximum Gasteiger partial charge on any atom is 0.0793 e. The number of aliphatic hydroxyl groups is 2. The Morgan fingerprint density at radius 1 is 1.21 bits per heavy atom. The van der Waals surface area contributed by atoms with Gasteiger partial charge in [-0.25, -0.2) is 0 Å². The number of aliphatic hydroxyl groups excluding tert-OH is 2. The fourth-order valence-electron chi connectivity index (χ4n) is 3.69. The molecule has 0 aliphatic carbocycles. The molecule has 5 nitrogen and oxygen atoms in total. The van der Waals surface area contributed by atoms with Crippen molar-refractivity contribution in [2.45, 2.75) is 44.6 Å². The predicted octanol–water partition coefficient (Wildman–Crippen LogP) is 1.51. The molecule has 136 valence electrons. The van der Waals surface area contributed by atoms with Crippen LogP contribution < -0.4 is 0 Å². The number of hydrogen-bond donors (Lipinski definition) is 2. The smallest absolute Gasteiger partial charge is 0.0793 e. The second-order valence-corrected chi connectivity index (χ2v) is 7.01. The Kier molecular flexibility index (Phi) is 7.65. The molecule has 0 saturated carbocycles. The molecular formula is C19H32N2O3. The molecule has 1 saturated heterocycles. The molecule has 1 fully saturated rings. The Balaban J connectivity index is 1.90. The quantitative estimate of drug-likeness (QED) is 0.754. The van der Waals surface area contributed by atoms with Gasteiger partial charge in [0.25, 0.3) is 0 Å². The largest absolute Gasteiger partial charge is 0.396 e. The van der Waals surface area contributed by atoms with E-state index in [9.17, 15) is 10.2 Å². The average Bonchev–Trinajstić information content (AvgIpc) is 2.52. The molecule has 2 N–H and O–H groups in total. The van der Waals surface area contributed by atoms with Gasteiger partial charge in [0.2, 0.25) is 0 Å². The summed E-state index contributed by atoms with van der Waals surface area (Å²) in [6.45, 7) is 7.26. The lowest BCUT2D eigenvalue weighted by molar-refractivity contribution is -0.0783. The van der Waals surface area contributed by atoms with Gasteiger partial charge in [0.05, 0.1) is 18.3 Å². The Labute approximate surface area is 145 Å². The van der Waals surface area contributed by atoms with Crippen LogP contribution in [0.3, 0.4) is 0 Å². The predicted molar refractivity (Wildman–Crippen MR) is 96.0 cm³/mol. The molecule has 0 radical (unpaired) electrons. The number of ether oxygens (including phenoxy) is 1. The number of likely N-dealkylation sites (N-methyl/N-ethyl adjacent to an activating group) is 1. The zero-order valence-corrected chi connectivity index (χ0v) is 15.1. The third-order valence-electron chi connectivity index (χ3n) is 4.58. The first-order valence-electron chi connectivity index (χ1n) is 8.91. The fourth-order valence-corrected chi connectivity index (χ4v) is 3.69. The Morgan fingerprint density at radius 2 is 1.83 bits per heavy atom. The van der Waals surface area contributed by atoms with Crippen LogP contribution in [0.5, 0.6) is 0 Å². The lowest BCUT2D eigenvalue weighted by Crippen LogP contribution is -2.49. The van der Waals surface area contributed by atoms with Gasteiger partial charge in [-0.15, -0.1) is 0 Å². The van der Waals surface area contributed by atoms with E-state index in [2.05, 4.69) is 35.8 Å². The van der Waals surface area contributed by atoms with Crippen LogP contribution in [-0.4, -0.2) is 78.2 Å². The topological polar surface area (TPSA) is 56.2 Å². The van der Waals surface area contributed by atoms with E-state index >= 15 is 0 Å². The van der Waals surface area contributed by atoms with Crippen molar-refractivity contribution >= 4 is 0 Å². The summed E-state index contributed by atoms with van der Waals surface area (Å²) in [4.78, 5) is 4.42.